The topological polar surface area (TPSA) is 42.3 Å². The summed E-state index contributed by atoms with van der Waals surface area (Å²) in [4.78, 5) is 6.92. The van der Waals surface area contributed by atoms with Gasteiger partial charge in [-0.3, -0.25) is 4.98 Å². The molecule has 184 valence electrons. The van der Waals surface area contributed by atoms with Gasteiger partial charge >= 0.3 is 0 Å². The minimum absolute atomic E-state index is 0.0618. The highest BCUT2D eigenvalue weighted by atomic mass is 32.1. The van der Waals surface area contributed by atoms with E-state index in [1.165, 1.54) is 28.2 Å². The fourth-order valence-corrected chi connectivity index (χ4v) is 5.52. The van der Waals surface area contributed by atoms with E-state index in [1.807, 2.05) is 44.3 Å². The van der Waals surface area contributed by atoms with Crippen molar-refractivity contribution >= 4 is 23.0 Å². The van der Waals surface area contributed by atoms with E-state index in [0.29, 0.717) is 5.11 Å². The summed E-state index contributed by atoms with van der Waals surface area (Å²) in [5.41, 5.74) is 8.04. The lowest BCUT2D eigenvalue weighted by Gasteiger charge is -2.28. The van der Waals surface area contributed by atoms with Crippen molar-refractivity contribution in [1.82, 2.24) is 14.9 Å². The quantitative estimate of drug-likeness (QED) is 0.299. The van der Waals surface area contributed by atoms with E-state index in [4.69, 9.17) is 21.9 Å². The summed E-state index contributed by atoms with van der Waals surface area (Å²) in [5, 5.41) is 4.26. The second-order valence-electron chi connectivity index (χ2n) is 9.61. The van der Waals surface area contributed by atoms with Crippen molar-refractivity contribution < 1.29 is 4.74 Å². The van der Waals surface area contributed by atoms with Gasteiger partial charge in [-0.15, -0.1) is 0 Å². The molecule has 3 heterocycles. The number of benzene rings is 2. The molecule has 1 N–H and O–H groups in total. The number of nitrogens with zero attached hydrogens (tertiary/aromatic N) is 3. The van der Waals surface area contributed by atoms with Crippen molar-refractivity contribution in [3.63, 3.8) is 0 Å². The molecule has 0 saturated carbocycles. The third kappa shape index (κ3) is 4.37. The number of para-hydroxylation sites is 1. The summed E-state index contributed by atoms with van der Waals surface area (Å²) in [6.07, 6.45) is 1.97. The number of anilines is 1. The van der Waals surface area contributed by atoms with Crippen LogP contribution in [-0.4, -0.2) is 20.8 Å². The minimum atomic E-state index is -0.0869. The highest BCUT2D eigenvalue weighted by Gasteiger charge is 2.42. The maximum atomic E-state index is 5.93. The van der Waals surface area contributed by atoms with E-state index in [9.17, 15) is 0 Å². The lowest BCUT2D eigenvalue weighted by Crippen LogP contribution is -2.29. The van der Waals surface area contributed by atoms with Crippen LogP contribution in [0.1, 0.15) is 54.1 Å². The largest absolute Gasteiger partial charge is 0.491 e. The molecule has 6 heteroatoms. The maximum Gasteiger partial charge on any atom is 0.174 e. The normalized spacial score (nSPS) is 17.5. The van der Waals surface area contributed by atoms with Crippen LogP contribution in [0.2, 0.25) is 0 Å². The van der Waals surface area contributed by atoms with Gasteiger partial charge in [0.2, 0.25) is 0 Å². The highest BCUT2D eigenvalue weighted by Crippen LogP contribution is 2.44. The van der Waals surface area contributed by atoms with Gasteiger partial charge in [-0.05, 0) is 106 Å². The number of aromatic nitrogens is 2. The van der Waals surface area contributed by atoms with Crippen LogP contribution in [-0.2, 0) is 0 Å². The standard InChI is InChI=1S/C30H32N4OS/c1-19(2)35-24-15-13-23(14-16-24)34-29(28(32-30(34)36)26-11-8-9-17-31-26)25-18-21(4)33(22(25)5)27-12-7-6-10-20(27)3/h6-19,28-29H,1-5H3,(H,32,36)/t28-,29-/m0/s1. The molecule has 0 spiro atoms. The van der Waals surface area contributed by atoms with Crippen LogP contribution < -0.4 is 15.0 Å². The lowest BCUT2D eigenvalue weighted by molar-refractivity contribution is 0.242. The number of pyridine rings is 1. The molecular weight excluding hydrogens is 464 g/mol. The first-order chi connectivity index (χ1) is 17.3. The second-order valence-corrected chi connectivity index (χ2v) is 9.99. The van der Waals surface area contributed by atoms with Crippen molar-refractivity contribution in [3.05, 3.63) is 107 Å². The van der Waals surface area contributed by atoms with Gasteiger partial charge in [0.15, 0.2) is 5.11 Å². The molecular formula is C30H32N4OS. The number of hydrogen-bond acceptors (Lipinski definition) is 3. The Morgan fingerprint density at radius 1 is 0.944 bits per heavy atom. The first-order valence-electron chi connectivity index (χ1n) is 12.4. The third-order valence-electron chi connectivity index (χ3n) is 6.73. The third-order valence-corrected chi connectivity index (χ3v) is 7.04. The summed E-state index contributed by atoms with van der Waals surface area (Å²) in [7, 11) is 0. The molecule has 0 aliphatic carbocycles. The molecule has 5 rings (SSSR count). The monoisotopic (exact) mass is 496 g/mol. The van der Waals surface area contributed by atoms with E-state index in [0.717, 1.165) is 17.1 Å². The van der Waals surface area contributed by atoms with Gasteiger partial charge in [0.25, 0.3) is 0 Å². The zero-order valence-electron chi connectivity index (χ0n) is 21.4. The SMILES string of the molecule is Cc1ccccc1-n1c(C)cc([C@H]2[C@H](c3ccccn3)NC(=S)N2c2ccc(OC(C)C)cc2)c1C. The van der Waals surface area contributed by atoms with Crippen molar-refractivity contribution in [3.8, 4) is 11.4 Å². The molecule has 2 atom stereocenters. The van der Waals surface area contributed by atoms with Gasteiger partial charge in [0.1, 0.15) is 5.75 Å². The van der Waals surface area contributed by atoms with Gasteiger partial charge in [-0.2, -0.15) is 0 Å². The summed E-state index contributed by atoms with van der Waals surface area (Å²) in [6, 6.07) is 24.9. The Morgan fingerprint density at radius 2 is 1.67 bits per heavy atom. The molecule has 2 aromatic heterocycles. The summed E-state index contributed by atoms with van der Waals surface area (Å²) in [6.45, 7) is 10.6. The van der Waals surface area contributed by atoms with Gasteiger partial charge in [0.05, 0.1) is 23.9 Å². The lowest BCUT2D eigenvalue weighted by atomic mass is 9.96. The van der Waals surface area contributed by atoms with Gasteiger partial charge < -0.3 is 19.5 Å². The molecule has 0 radical (unpaired) electrons. The molecule has 36 heavy (non-hydrogen) atoms. The van der Waals surface area contributed by atoms with Crippen LogP contribution in [0.5, 0.6) is 5.75 Å². The molecule has 1 saturated heterocycles. The van der Waals surface area contributed by atoms with Crippen LogP contribution in [0.25, 0.3) is 5.69 Å². The Hall–Kier alpha value is -3.64. The molecule has 2 aromatic carbocycles. The Labute approximate surface area is 218 Å². The van der Waals surface area contributed by atoms with E-state index in [2.05, 4.69) is 84.1 Å². The van der Waals surface area contributed by atoms with Crippen molar-refractivity contribution in [1.29, 1.82) is 0 Å². The van der Waals surface area contributed by atoms with Crippen LogP contribution in [0.3, 0.4) is 0 Å². The Bertz CT molecular complexity index is 1380. The zero-order valence-corrected chi connectivity index (χ0v) is 22.2. The number of nitrogens with one attached hydrogen (secondary N) is 1. The molecule has 1 fully saturated rings. The minimum Gasteiger partial charge on any atom is -0.491 e. The number of rotatable bonds is 6. The first-order valence-corrected chi connectivity index (χ1v) is 12.8. The fraction of sp³-hybridized carbons (Fsp3) is 0.267. The molecule has 0 amide bonds. The highest BCUT2D eigenvalue weighted by molar-refractivity contribution is 7.80. The van der Waals surface area contributed by atoms with Crippen LogP contribution in [0.4, 0.5) is 5.69 Å². The molecule has 0 bridgehead atoms. The number of aryl methyl sites for hydroxylation is 2. The second kappa shape index (κ2) is 9.78. The van der Waals surface area contributed by atoms with Crippen molar-refractivity contribution in [2.75, 3.05) is 4.90 Å². The Balaban J connectivity index is 1.64. The van der Waals surface area contributed by atoms with Gasteiger partial charge in [-0.25, -0.2) is 0 Å². The van der Waals surface area contributed by atoms with Crippen LogP contribution in [0.15, 0.2) is 79.0 Å². The van der Waals surface area contributed by atoms with Crippen LogP contribution in [0, 0.1) is 20.8 Å². The van der Waals surface area contributed by atoms with Crippen LogP contribution >= 0.6 is 12.2 Å². The number of hydrogen-bond donors (Lipinski definition) is 1. The summed E-state index contributed by atoms with van der Waals surface area (Å²) < 4.78 is 8.23. The molecule has 4 aromatic rings. The van der Waals surface area contributed by atoms with Crippen molar-refractivity contribution in [2.45, 2.75) is 52.8 Å². The summed E-state index contributed by atoms with van der Waals surface area (Å²) in [5.74, 6) is 0.849. The Kier molecular flexibility index (Phi) is 6.54. The number of thiocarbonyl (C=S) groups is 1. The van der Waals surface area contributed by atoms with E-state index in [1.54, 1.807) is 0 Å². The first kappa shape index (κ1) is 24.1. The molecule has 1 aliphatic rings. The maximum absolute atomic E-state index is 5.93. The smallest absolute Gasteiger partial charge is 0.174 e. The van der Waals surface area contributed by atoms with Crippen molar-refractivity contribution in [2.24, 2.45) is 0 Å². The average molecular weight is 497 g/mol. The number of ether oxygens (including phenoxy) is 1. The summed E-state index contributed by atoms with van der Waals surface area (Å²) >= 11 is 5.93. The zero-order chi connectivity index (χ0) is 25.4. The fourth-order valence-electron chi connectivity index (χ4n) is 5.18. The van der Waals surface area contributed by atoms with E-state index in [-0.39, 0.29) is 18.2 Å². The Morgan fingerprint density at radius 3 is 2.33 bits per heavy atom. The van der Waals surface area contributed by atoms with E-state index >= 15 is 0 Å². The molecule has 1 aliphatic heterocycles. The van der Waals surface area contributed by atoms with Gasteiger partial charge in [-0.1, -0.05) is 24.3 Å². The molecule has 5 nitrogen and oxygen atoms in total. The molecule has 0 unspecified atom stereocenters. The predicted molar refractivity (Wildman–Crippen MR) is 150 cm³/mol. The van der Waals surface area contributed by atoms with Gasteiger partial charge in [0, 0.05) is 29.0 Å². The predicted octanol–water partition coefficient (Wildman–Crippen LogP) is 6.76. The van der Waals surface area contributed by atoms with E-state index < -0.39 is 0 Å². The average Bonchev–Trinajstić information content (AvgIpc) is 3.35.